The summed E-state index contributed by atoms with van der Waals surface area (Å²) < 4.78 is 0. The van der Waals surface area contributed by atoms with E-state index >= 15 is 0 Å². The van der Waals surface area contributed by atoms with E-state index in [0.717, 1.165) is 6.42 Å². The molecular formula is C15H25N. The van der Waals surface area contributed by atoms with E-state index in [0.29, 0.717) is 0 Å². The average molecular weight is 219 g/mol. The highest BCUT2D eigenvalue weighted by molar-refractivity contribution is 5.33. The topological polar surface area (TPSA) is 3.24 Å². The summed E-state index contributed by atoms with van der Waals surface area (Å²) in [5, 5.41) is 0. The third-order valence-electron chi connectivity index (χ3n) is 3.20. The lowest BCUT2D eigenvalue weighted by atomic mass is 9.99. The van der Waals surface area contributed by atoms with E-state index in [1.165, 1.54) is 31.5 Å². The molecule has 1 aromatic carbocycles. The molecule has 2 rings (SSSR count). The molecule has 0 unspecified atom stereocenters. The van der Waals surface area contributed by atoms with Crippen molar-refractivity contribution in [3.63, 3.8) is 0 Å². The van der Waals surface area contributed by atoms with Gasteiger partial charge in [0, 0.05) is 13.1 Å². The minimum Gasteiger partial charge on any atom is -0.306 e. The molecule has 0 saturated carbocycles. The van der Waals surface area contributed by atoms with Gasteiger partial charge in [-0.3, -0.25) is 0 Å². The van der Waals surface area contributed by atoms with Crippen molar-refractivity contribution in [3.8, 4) is 0 Å². The molecule has 0 aliphatic carbocycles. The first-order valence-corrected chi connectivity index (χ1v) is 6.59. The van der Waals surface area contributed by atoms with Gasteiger partial charge in [-0.05, 0) is 43.0 Å². The Morgan fingerprint density at radius 3 is 2.31 bits per heavy atom. The van der Waals surface area contributed by atoms with Gasteiger partial charge < -0.3 is 4.90 Å². The molecule has 1 aliphatic rings. The molecule has 1 aliphatic heterocycles. The van der Waals surface area contributed by atoms with Crippen molar-refractivity contribution in [2.75, 3.05) is 20.1 Å². The van der Waals surface area contributed by atoms with Crippen LogP contribution in [0.2, 0.25) is 0 Å². The second kappa shape index (κ2) is 6.70. The minimum absolute atomic E-state index is 1.16. The van der Waals surface area contributed by atoms with Gasteiger partial charge in [-0.1, -0.05) is 39.0 Å². The van der Waals surface area contributed by atoms with E-state index < -0.39 is 0 Å². The van der Waals surface area contributed by atoms with E-state index in [1.54, 1.807) is 11.1 Å². The molecule has 0 fully saturated rings. The third kappa shape index (κ3) is 3.34. The predicted octanol–water partition coefficient (Wildman–Crippen LogP) is 3.31. The highest BCUT2D eigenvalue weighted by atomic mass is 15.1. The number of benzene rings is 1. The Labute approximate surface area is 100 Å². The highest BCUT2D eigenvalue weighted by Crippen LogP contribution is 2.17. The minimum atomic E-state index is 1.16. The fourth-order valence-corrected chi connectivity index (χ4v) is 2.11. The van der Waals surface area contributed by atoms with Crippen molar-refractivity contribution in [1.29, 1.82) is 0 Å². The number of hydrogen-bond acceptors (Lipinski definition) is 1. The fourth-order valence-electron chi connectivity index (χ4n) is 2.11. The average Bonchev–Trinajstić information content (AvgIpc) is 2.54. The molecule has 0 N–H and O–H groups in total. The van der Waals surface area contributed by atoms with Crippen LogP contribution in [0.4, 0.5) is 0 Å². The van der Waals surface area contributed by atoms with Gasteiger partial charge in [0.05, 0.1) is 0 Å². The fraction of sp³-hybridized carbons (Fsp3) is 0.600. The van der Waals surface area contributed by atoms with E-state index in [1.807, 2.05) is 13.8 Å². The molecule has 0 atom stereocenters. The summed E-state index contributed by atoms with van der Waals surface area (Å²) in [6, 6.07) is 7.01. The number of aryl methyl sites for hydroxylation is 1. The summed E-state index contributed by atoms with van der Waals surface area (Å²) in [6.45, 7) is 8.64. The maximum Gasteiger partial charge on any atom is 0.00190 e. The first-order chi connectivity index (χ1) is 7.79. The molecule has 0 radical (unpaired) electrons. The lowest BCUT2D eigenvalue weighted by molar-refractivity contribution is 0.352. The maximum atomic E-state index is 2.42. The van der Waals surface area contributed by atoms with Gasteiger partial charge >= 0.3 is 0 Å². The van der Waals surface area contributed by atoms with Crippen LogP contribution in [0.3, 0.4) is 0 Å². The third-order valence-corrected chi connectivity index (χ3v) is 3.20. The first-order valence-electron chi connectivity index (χ1n) is 6.59. The van der Waals surface area contributed by atoms with Crippen LogP contribution < -0.4 is 0 Å². The van der Waals surface area contributed by atoms with Crippen LogP contribution in [0.15, 0.2) is 18.2 Å². The molecule has 1 heterocycles. The Bertz CT molecular complexity index is 317. The molecule has 0 aromatic heterocycles. The van der Waals surface area contributed by atoms with E-state index in [-0.39, 0.29) is 0 Å². The zero-order chi connectivity index (χ0) is 12.0. The van der Waals surface area contributed by atoms with Gasteiger partial charge in [0.2, 0.25) is 0 Å². The zero-order valence-corrected chi connectivity index (χ0v) is 11.2. The number of nitrogens with zero attached hydrogens (tertiary/aromatic N) is 1. The van der Waals surface area contributed by atoms with Crippen LogP contribution in [0.25, 0.3) is 0 Å². The molecule has 0 amide bonds. The summed E-state index contributed by atoms with van der Waals surface area (Å²) in [5.41, 5.74) is 4.62. The molecular weight excluding hydrogens is 194 g/mol. The molecule has 16 heavy (non-hydrogen) atoms. The Balaban J connectivity index is 0.000000606. The number of hydrogen-bond donors (Lipinski definition) is 0. The van der Waals surface area contributed by atoms with Gasteiger partial charge in [-0.15, -0.1) is 0 Å². The van der Waals surface area contributed by atoms with Gasteiger partial charge in [-0.2, -0.15) is 0 Å². The summed E-state index contributed by atoms with van der Waals surface area (Å²) in [7, 11) is 2.21. The lowest BCUT2D eigenvalue weighted by Crippen LogP contribution is -2.20. The van der Waals surface area contributed by atoms with E-state index in [2.05, 4.69) is 37.1 Å². The monoisotopic (exact) mass is 219 g/mol. The smallest absolute Gasteiger partial charge is 0.00190 e. The summed E-state index contributed by atoms with van der Waals surface area (Å²) in [4.78, 5) is 2.42. The summed E-state index contributed by atoms with van der Waals surface area (Å²) in [5.74, 6) is 0. The van der Waals surface area contributed by atoms with Crippen LogP contribution in [-0.2, 0) is 19.3 Å². The van der Waals surface area contributed by atoms with Crippen molar-refractivity contribution in [2.24, 2.45) is 0 Å². The van der Waals surface area contributed by atoms with Gasteiger partial charge in [0.15, 0.2) is 0 Å². The highest BCUT2D eigenvalue weighted by Gasteiger charge is 2.10. The van der Waals surface area contributed by atoms with Crippen molar-refractivity contribution < 1.29 is 0 Å². The maximum absolute atomic E-state index is 2.42. The normalized spacial score (nSPS) is 15.8. The SMILES string of the molecule is CC.CCc1ccc2c(c1)CCN(C)CC2. The standard InChI is InChI=1S/C13H19N.C2H6/c1-3-11-4-5-12-6-8-14(2)9-7-13(12)10-11;1-2/h4-5,10H,3,6-9H2,1-2H3;1-2H3. The Morgan fingerprint density at radius 1 is 1.06 bits per heavy atom. The van der Waals surface area contributed by atoms with E-state index in [4.69, 9.17) is 0 Å². The van der Waals surface area contributed by atoms with Crippen molar-refractivity contribution >= 4 is 0 Å². The second-order valence-electron chi connectivity index (χ2n) is 4.26. The van der Waals surface area contributed by atoms with Crippen LogP contribution in [0.5, 0.6) is 0 Å². The molecule has 90 valence electrons. The van der Waals surface area contributed by atoms with Crippen molar-refractivity contribution in [1.82, 2.24) is 4.90 Å². The lowest BCUT2D eigenvalue weighted by Gasteiger charge is -2.10. The first kappa shape index (κ1) is 13.2. The Kier molecular flexibility index (Phi) is 5.54. The van der Waals surface area contributed by atoms with Gasteiger partial charge in [0.25, 0.3) is 0 Å². The van der Waals surface area contributed by atoms with Crippen LogP contribution in [-0.4, -0.2) is 25.0 Å². The molecule has 1 heteroatoms. The second-order valence-corrected chi connectivity index (χ2v) is 4.26. The zero-order valence-electron chi connectivity index (χ0n) is 11.2. The van der Waals surface area contributed by atoms with E-state index in [9.17, 15) is 0 Å². The Hall–Kier alpha value is -0.820. The quantitative estimate of drug-likeness (QED) is 0.700. The molecule has 0 saturated heterocycles. The predicted molar refractivity (Wildman–Crippen MR) is 72.1 cm³/mol. The summed E-state index contributed by atoms with van der Waals surface area (Å²) in [6.07, 6.45) is 3.60. The number of likely N-dealkylation sites (N-methyl/N-ethyl adjacent to an activating group) is 1. The van der Waals surface area contributed by atoms with Crippen LogP contribution in [0, 0.1) is 0 Å². The largest absolute Gasteiger partial charge is 0.306 e. The molecule has 0 bridgehead atoms. The summed E-state index contributed by atoms with van der Waals surface area (Å²) >= 11 is 0. The van der Waals surface area contributed by atoms with Gasteiger partial charge in [-0.25, -0.2) is 0 Å². The van der Waals surface area contributed by atoms with Gasteiger partial charge in [0.1, 0.15) is 0 Å². The van der Waals surface area contributed by atoms with Crippen molar-refractivity contribution in [2.45, 2.75) is 40.0 Å². The van der Waals surface area contributed by atoms with Crippen molar-refractivity contribution in [3.05, 3.63) is 34.9 Å². The molecule has 1 aromatic rings. The van der Waals surface area contributed by atoms with Crippen LogP contribution in [0.1, 0.15) is 37.5 Å². The Morgan fingerprint density at radius 2 is 1.69 bits per heavy atom. The number of fused-ring (bicyclic) bond motifs is 1. The molecule has 1 nitrogen and oxygen atoms in total. The van der Waals surface area contributed by atoms with Crippen LogP contribution >= 0.6 is 0 Å². The number of rotatable bonds is 1. The molecule has 0 spiro atoms.